The molecule has 0 bridgehead atoms. The summed E-state index contributed by atoms with van der Waals surface area (Å²) in [6.07, 6.45) is 2.13. The Balaban J connectivity index is 2.11. The van der Waals surface area contributed by atoms with E-state index in [1.54, 1.807) is 11.8 Å². The van der Waals surface area contributed by atoms with E-state index in [1.807, 2.05) is 0 Å². The van der Waals surface area contributed by atoms with Crippen LogP contribution in [0.2, 0.25) is 0 Å². The summed E-state index contributed by atoms with van der Waals surface area (Å²) in [5.74, 6) is 1.29. The highest BCUT2D eigenvalue weighted by atomic mass is 79.9. The molecule has 1 unspecified atom stereocenters. The quantitative estimate of drug-likeness (QED) is 0.830. The van der Waals surface area contributed by atoms with E-state index < -0.39 is 10.0 Å². The Labute approximate surface area is 125 Å². The maximum Gasteiger partial charge on any atom is 0.245 e. The number of aliphatic hydroxyl groups excluding tert-OH is 1. The van der Waals surface area contributed by atoms with Crippen molar-refractivity contribution in [2.24, 2.45) is 0 Å². The maximum atomic E-state index is 12.2. The number of hydrogen-bond acceptors (Lipinski definition) is 5. The van der Waals surface area contributed by atoms with Crippen LogP contribution in [0.15, 0.2) is 20.0 Å². The molecule has 108 valence electrons. The van der Waals surface area contributed by atoms with Crippen LogP contribution in [0.25, 0.3) is 0 Å². The third-order valence-corrected chi connectivity index (χ3v) is 6.88. The smallest absolute Gasteiger partial charge is 0.245 e. The van der Waals surface area contributed by atoms with E-state index in [9.17, 15) is 8.42 Å². The molecule has 0 radical (unpaired) electrons. The van der Waals surface area contributed by atoms with Gasteiger partial charge in [0.25, 0.3) is 0 Å². The lowest BCUT2D eigenvalue weighted by Crippen LogP contribution is -2.36. The van der Waals surface area contributed by atoms with Gasteiger partial charge in [0.15, 0.2) is 4.67 Å². The van der Waals surface area contributed by atoms with Crippen LogP contribution >= 0.6 is 27.7 Å². The van der Waals surface area contributed by atoms with Crippen LogP contribution in [0.1, 0.15) is 25.5 Å². The van der Waals surface area contributed by atoms with Crippen LogP contribution in [0, 0.1) is 0 Å². The van der Waals surface area contributed by atoms with Crippen molar-refractivity contribution in [2.75, 3.05) is 12.3 Å². The average molecular weight is 370 g/mol. The SMILES string of the molecule is CC1(CNS(=O)(=O)c2cc(CO)oc2Br)CCCS1. The zero-order valence-corrected chi connectivity index (χ0v) is 13.7. The molecule has 2 rings (SSSR count). The van der Waals surface area contributed by atoms with Crippen LogP contribution in [0.4, 0.5) is 0 Å². The number of thioether (sulfide) groups is 1. The lowest BCUT2D eigenvalue weighted by Gasteiger charge is -2.22. The molecule has 1 saturated heterocycles. The third kappa shape index (κ3) is 3.55. The molecule has 19 heavy (non-hydrogen) atoms. The van der Waals surface area contributed by atoms with Gasteiger partial charge in [-0.1, -0.05) is 0 Å². The Morgan fingerprint density at radius 1 is 1.63 bits per heavy atom. The molecule has 0 amide bonds. The van der Waals surface area contributed by atoms with E-state index in [1.165, 1.54) is 6.07 Å². The minimum absolute atomic E-state index is 0.0307. The molecule has 1 aliphatic rings. The van der Waals surface area contributed by atoms with E-state index in [4.69, 9.17) is 9.52 Å². The summed E-state index contributed by atoms with van der Waals surface area (Å²) >= 11 is 4.85. The number of rotatable bonds is 5. The first-order valence-corrected chi connectivity index (χ1v) is 9.15. The van der Waals surface area contributed by atoms with Crippen LogP contribution in [-0.4, -0.2) is 30.6 Å². The highest BCUT2D eigenvalue weighted by molar-refractivity contribution is 9.10. The fourth-order valence-corrected chi connectivity index (χ4v) is 5.46. The minimum Gasteiger partial charge on any atom is -0.450 e. The van der Waals surface area contributed by atoms with Crippen LogP contribution in [0.3, 0.4) is 0 Å². The van der Waals surface area contributed by atoms with Crippen LogP contribution in [-0.2, 0) is 16.6 Å². The van der Waals surface area contributed by atoms with Gasteiger partial charge in [-0.05, 0) is 41.4 Å². The molecule has 5 nitrogen and oxygen atoms in total. The van der Waals surface area contributed by atoms with Crippen molar-refractivity contribution in [2.45, 2.75) is 36.0 Å². The van der Waals surface area contributed by atoms with E-state index in [2.05, 4.69) is 27.6 Å². The number of nitrogens with one attached hydrogen (secondary N) is 1. The fourth-order valence-electron chi connectivity index (χ4n) is 1.96. The van der Waals surface area contributed by atoms with Crippen molar-refractivity contribution in [1.82, 2.24) is 4.72 Å². The van der Waals surface area contributed by atoms with Crippen LogP contribution < -0.4 is 4.72 Å². The largest absolute Gasteiger partial charge is 0.450 e. The highest BCUT2D eigenvalue weighted by Gasteiger charge is 2.32. The lowest BCUT2D eigenvalue weighted by molar-refractivity contribution is 0.245. The number of aliphatic hydroxyl groups is 1. The summed E-state index contributed by atoms with van der Waals surface area (Å²) in [5, 5.41) is 8.95. The minimum atomic E-state index is -3.62. The molecule has 1 atom stereocenters. The van der Waals surface area contributed by atoms with Gasteiger partial charge in [-0.3, -0.25) is 0 Å². The van der Waals surface area contributed by atoms with Crippen molar-refractivity contribution in [1.29, 1.82) is 0 Å². The maximum absolute atomic E-state index is 12.2. The third-order valence-electron chi connectivity index (χ3n) is 3.09. The van der Waals surface area contributed by atoms with Gasteiger partial charge in [-0.25, -0.2) is 13.1 Å². The predicted molar refractivity (Wildman–Crippen MR) is 77.6 cm³/mol. The van der Waals surface area contributed by atoms with Gasteiger partial charge in [0.05, 0.1) is 0 Å². The Kier molecular flexibility index (Phi) is 4.67. The van der Waals surface area contributed by atoms with E-state index >= 15 is 0 Å². The van der Waals surface area contributed by atoms with Crippen molar-refractivity contribution in [3.8, 4) is 0 Å². The van der Waals surface area contributed by atoms with Gasteiger partial charge < -0.3 is 9.52 Å². The second-order valence-electron chi connectivity index (χ2n) is 4.74. The zero-order chi connectivity index (χ0) is 14.1. The molecule has 1 fully saturated rings. The molecule has 0 aliphatic carbocycles. The molecule has 1 aliphatic heterocycles. The summed E-state index contributed by atoms with van der Waals surface area (Å²) in [7, 11) is -3.62. The summed E-state index contributed by atoms with van der Waals surface area (Å²) in [6.45, 7) is 2.13. The highest BCUT2D eigenvalue weighted by Crippen LogP contribution is 2.37. The topological polar surface area (TPSA) is 79.5 Å². The van der Waals surface area contributed by atoms with Crippen molar-refractivity contribution in [3.63, 3.8) is 0 Å². The Hall–Kier alpha value is -0.0200. The molecular weight excluding hydrogens is 354 g/mol. The first-order valence-electron chi connectivity index (χ1n) is 5.89. The number of sulfonamides is 1. The predicted octanol–water partition coefficient (Wildman–Crippen LogP) is 2.10. The zero-order valence-electron chi connectivity index (χ0n) is 10.5. The van der Waals surface area contributed by atoms with E-state index in [-0.39, 0.29) is 26.7 Å². The van der Waals surface area contributed by atoms with Gasteiger partial charge in [0.1, 0.15) is 17.3 Å². The molecular formula is C11H16BrNO4S2. The summed E-state index contributed by atoms with van der Waals surface area (Å²) in [4.78, 5) is 0.0307. The standard InChI is InChI=1S/C11H16BrNO4S2/c1-11(3-2-4-18-11)7-13-19(15,16)9-5-8(6-14)17-10(9)12/h5,13-14H,2-4,6-7H2,1H3. The molecule has 0 saturated carbocycles. The van der Waals surface area contributed by atoms with Crippen LogP contribution in [0.5, 0.6) is 0 Å². The molecule has 8 heteroatoms. The second kappa shape index (κ2) is 5.77. The van der Waals surface area contributed by atoms with Gasteiger partial charge in [-0.2, -0.15) is 11.8 Å². The van der Waals surface area contributed by atoms with E-state index in [0.717, 1.165) is 18.6 Å². The van der Waals surface area contributed by atoms with Gasteiger partial charge in [-0.15, -0.1) is 0 Å². The van der Waals surface area contributed by atoms with Crippen molar-refractivity contribution in [3.05, 3.63) is 16.5 Å². The van der Waals surface area contributed by atoms with Crippen molar-refractivity contribution >= 4 is 37.7 Å². The second-order valence-corrected chi connectivity index (χ2v) is 8.87. The number of halogens is 1. The molecule has 1 aromatic heterocycles. The van der Waals surface area contributed by atoms with Gasteiger partial charge in [0.2, 0.25) is 10.0 Å². The first kappa shape index (κ1) is 15.4. The van der Waals surface area contributed by atoms with E-state index in [0.29, 0.717) is 6.54 Å². The molecule has 1 aromatic rings. The Morgan fingerprint density at radius 2 is 2.37 bits per heavy atom. The number of furan rings is 1. The molecule has 0 aromatic carbocycles. The lowest BCUT2D eigenvalue weighted by atomic mass is 10.1. The first-order chi connectivity index (χ1) is 8.86. The Morgan fingerprint density at radius 3 is 2.89 bits per heavy atom. The van der Waals surface area contributed by atoms with Gasteiger partial charge in [0, 0.05) is 17.4 Å². The summed E-state index contributed by atoms with van der Waals surface area (Å²) in [6, 6.07) is 1.33. The molecule has 0 spiro atoms. The van der Waals surface area contributed by atoms with Gasteiger partial charge >= 0.3 is 0 Å². The summed E-state index contributed by atoms with van der Waals surface area (Å²) < 4.78 is 32.2. The average Bonchev–Trinajstić information content (AvgIpc) is 2.94. The molecule has 2 N–H and O–H groups in total. The Bertz CT molecular complexity index is 549. The molecule has 2 heterocycles. The summed E-state index contributed by atoms with van der Waals surface area (Å²) in [5.41, 5.74) is 0. The fraction of sp³-hybridized carbons (Fsp3) is 0.636. The monoisotopic (exact) mass is 369 g/mol. The van der Waals surface area contributed by atoms with Crippen molar-refractivity contribution < 1.29 is 17.9 Å². The number of hydrogen-bond donors (Lipinski definition) is 2. The normalized spacial score (nSPS) is 23.9.